The lowest BCUT2D eigenvalue weighted by molar-refractivity contribution is -0.122. The van der Waals surface area contributed by atoms with Gasteiger partial charge in [0.15, 0.2) is 0 Å². The number of hydrogen-bond donors (Lipinski definition) is 2. The number of nitrogens with zero attached hydrogens (tertiary/aromatic N) is 1. The number of ether oxygens (including phenoxy) is 1. The lowest BCUT2D eigenvalue weighted by Crippen LogP contribution is -2.43. The Hall–Kier alpha value is -0.850. The van der Waals surface area contributed by atoms with Crippen LogP contribution in [0, 0.1) is 0 Å². The Balaban J connectivity index is 0.00000242. The molecule has 1 aromatic carbocycles. The summed E-state index contributed by atoms with van der Waals surface area (Å²) < 4.78 is 5.12. The van der Waals surface area contributed by atoms with Crippen LogP contribution in [0.1, 0.15) is 24.4 Å². The normalized spacial score (nSPS) is 18.6. The second-order valence-electron chi connectivity index (χ2n) is 5.46. The van der Waals surface area contributed by atoms with Crippen LogP contribution >= 0.6 is 24.8 Å². The smallest absolute Gasteiger partial charge is 0.241 e. The van der Waals surface area contributed by atoms with E-state index in [4.69, 9.17) is 10.5 Å². The highest BCUT2D eigenvalue weighted by Crippen LogP contribution is 2.16. The maximum atomic E-state index is 12.1. The van der Waals surface area contributed by atoms with E-state index >= 15 is 0 Å². The van der Waals surface area contributed by atoms with Crippen molar-refractivity contribution in [3.05, 3.63) is 35.9 Å². The van der Waals surface area contributed by atoms with Crippen LogP contribution in [-0.4, -0.2) is 50.2 Å². The third kappa shape index (κ3) is 6.65. The van der Waals surface area contributed by atoms with Crippen molar-refractivity contribution in [3.63, 3.8) is 0 Å². The van der Waals surface area contributed by atoms with Crippen molar-refractivity contribution in [2.24, 2.45) is 5.73 Å². The summed E-state index contributed by atoms with van der Waals surface area (Å²) in [5.41, 5.74) is 6.84. The van der Waals surface area contributed by atoms with Gasteiger partial charge in [-0.25, -0.2) is 0 Å². The van der Waals surface area contributed by atoms with Crippen LogP contribution in [0.4, 0.5) is 0 Å². The Morgan fingerprint density at radius 3 is 2.74 bits per heavy atom. The molecule has 0 saturated carbocycles. The van der Waals surface area contributed by atoms with Crippen LogP contribution in [0.5, 0.6) is 0 Å². The molecule has 5 nitrogen and oxygen atoms in total. The Kier molecular flexibility index (Phi) is 11.2. The maximum absolute atomic E-state index is 12.1. The van der Waals surface area contributed by atoms with Gasteiger partial charge in [-0.3, -0.25) is 9.69 Å². The highest BCUT2D eigenvalue weighted by Gasteiger charge is 2.25. The van der Waals surface area contributed by atoms with E-state index in [1.165, 1.54) is 6.42 Å². The topological polar surface area (TPSA) is 67.6 Å². The molecule has 1 fully saturated rings. The molecule has 1 aliphatic rings. The summed E-state index contributed by atoms with van der Waals surface area (Å²) in [5, 5.41) is 2.98. The number of nitrogens with one attached hydrogen (secondary N) is 1. The molecule has 23 heavy (non-hydrogen) atoms. The zero-order valence-corrected chi connectivity index (χ0v) is 15.1. The van der Waals surface area contributed by atoms with Crippen LogP contribution in [0.25, 0.3) is 0 Å². The lowest BCUT2D eigenvalue weighted by Gasteiger charge is -2.25. The van der Waals surface area contributed by atoms with Crippen LogP contribution in [0.15, 0.2) is 30.3 Å². The average Bonchev–Trinajstić information content (AvgIpc) is 2.98. The van der Waals surface area contributed by atoms with Crippen molar-refractivity contribution in [1.82, 2.24) is 10.2 Å². The molecule has 0 aliphatic carbocycles. The summed E-state index contributed by atoms with van der Waals surface area (Å²) in [5.74, 6) is -0.111. The number of nitrogens with two attached hydrogens (primary N) is 1. The highest BCUT2D eigenvalue weighted by molar-refractivity contribution is 5.85. The number of carbonyl (C=O) groups excluding carboxylic acids is 1. The molecular weight excluding hydrogens is 337 g/mol. The quantitative estimate of drug-likeness (QED) is 0.774. The Morgan fingerprint density at radius 1 is 1.39 bits per heavy atom. The minimum absolute atomic E-state index is 0. The van der Waals surface area contributed by atoms with Crippen LogP contribution < -0.4 is 11.1 Å². The second-order valence-corrected chi connectivity index (χ2v) is 5.46. The first-order valence-corrected chi connectivity index (χ1v) is 7.53. The number of amides is 1. The molecular formula is C16H27Cl2N3O2. The van der Waals surface area contributed by atoms with Crippen LogP contribution in [0.2, 0.25) is 0 Å². The van der Waals surface area contributed by atoms with E-state index in [2.05, 4.69) is 10.2 Å². The maximum Gasteiger partial charge on any atom is 0.241 e. The van der Waals surface area contributed by atoms with Crippen molar-refractivity contribution in [1.29, 1.82) is 0 Å². The fourth-order valence-corrected chi connectivity index (χ4v) is 2.77. The molecule has 2 rings (SSSR count). The predicted octanol–water partition coefficient (Wildman–Crippen LogP) is 1.76. The largest absolute Gasteiger partial charge is 0.383 e. The van der Waals surface area contributed by atoms with E-state index in [1.807, 2.05) is 30.3 Å². The first kappa shape index (κ1) is 22.1. The number of carbonyl (C=O) groups is 1. The van der Waals surface area contributed by atoms with Crippen molar-refractivity contribution >= 4 is 30.7 Å². The number of benzene rings is 1. The summed E-state index contributed by atoms with van der Waals surface area (Å²) in [4.78, 5) is 14.5. The fourth-order valence-electron chi connectivity index (χ4n) is 2.77. The summed E-state index contributed by atoms with van der Waals surface area (Å²) >= 11 is 0. The summed E-state index contributed by atoms with van der Waals surface area (Å²) in [6, 6.07) is 9.26. The molecule has 132 valence electrons. The molecule has 2 atom stereocenters. The summed E-state index contributed by atoms with van der Waals surface area (Å²) in [7, 11) is 1.71. The zero-order chi connectivity index (χ0) is 15.1. The van der Waals surface area contributed by atoms with Crippen LogP contribution in [-0.2, 0) is 9.53 Å². The third-order valence-electron chi connectivity index (χ3n) is 4.03. The van der Waals surface area contributed by atoms with Gasteiger partial charge in [-0.05, 0) is 24.9 Å². The third-order valence-corrected chi connectivity index (χ3v) is 4.03. The minimum Gasteiger partial charge on any atom is -0.383 e. The number of rotatable bonds is 7. The van der Waals surface area contributed by atoms with Gasteiger partial charge in [0.25, 0.3) is 0 Å². The van der Waals surface area contributed by atoms with Crippen molar-refractivity contribution in [2.45, 2.75) is 24.9 Å². The van der Waals surface area contributed by atoms with Crippen molar-refractivity contribution in [3.8, 4) is 0 Å². The number of methoxy groups -OCH3 is 1. The molecule has 1 aromatic rings. The van der Waals surface area contributed by atoms with Gasteiger partial charge >= 0.3 is 0 Å². The van der Waals surface area contributed by atoms with Gasteiger partial charge in [-0.15, -0.1) is 24.8 Å². The number of halogens is 2. The number of likely N-dealkylation sites (tertiary alicyclic amines) is 1. The Labute approximate surface area is 150 Å². The molecule has 3 N–H and O–H groups in total. The molecule has 0 bridgehead atoms. The lowest BCUT2D eigenvalue weighted by atomic mass is 10.1. The average molecular weight is 364 g/mol. The number of hydrogen-bond acceptors (Lipinski definition) is 4. The second kappa shape index (κ2) is 11.6. The standard InChI is InChI=1S/C16H25N3O2.2ClH/c1-21-11-10-19-9-5-8-14(19)12-18-16(20)15(17)13-6-3-2-4-7-13;;/h2-4,6-7,14-15H,5,8-12,17H2,1H3,(H,18,20);2*1H. The van der Waals surface area contributed by atoms with E-state index in [9.17, 15) is 4.79 Å². The van der Waals surface area contributed by atoms with E-state index in [-0.39, 0.29) is 30.7 Å². The molecule has 1 aliphatic heterocycles. The molecule has 7 heteroatoms. The highest BCUT2D eigenvalue weighted by atomic mass is 35.5. The molecule has 0 aromatic heterocycles. The van der Waals surface area contributed by atoms with Gasteiger partial charge in [0.05, 0.1) is 6.61 Å². The SMILES string of the molecule is COCCN1CCCC1CNC(=O)C(N)c1ccccc1.Cl.Cl. The van der Waals surface area contributed by atoms with E-state index in [0.717, 1.165) is 31.7 Å². The van der Waals surface area contributed by atoms with Gasteiger partial charge < -0.3 is 15.8 Å². The molecule has 0 radical (unpaired) electrons. The summed E-state index contributed by atoms with van der Waals surface area (Å²) in [6.45, 7) is 3.38. The predicted molar refractivity (Wildman–Crippen MR) is 97.3 cm³/mol. The summed E-state index contributed by atoms with van der Waals surface area (Å²) in [6.07, 6.45) is 2.29. The van der Waals surface area contributed by atoms with Gasteiger partial charge in [0.1, 0.15) is 6.04 Å². The molecule has 2 unspecified atom stereocenters. The van der Waals surface area contributed by atoms with Crippen molar-refractivity contribution < 1.29 is 9.53 Å². The van der Waals surface area contributed by atoms with E-state index in [1.54, 1.807) is 7.11 Å². The monoisotopic (exact) mass is 363 g/mol. The van der Waals surface area contributed by atoms with Crippen molar-refractivity contribution in [2.75, 3.05) is 33.4 Å². The zero-order valence-electron chi connectivity index (χ0n) is 13.4. The molecule has 0 spiro atoms. The Bertz CT molecular complexity index is 448. The first-order valence-electron chi connectivity index (χ1n) is 7.53. The van der Waals surface area contributed by atoms with Gasteiger partial charge in [0.2, 0.25) is 5.91 Å². The Morgan fingerprint density at radius 2 is 2.09 bits per heavy atom. The van der Waals surface area contributed by atoms with Gasteiger partial charge in [-0.1, -0.05) is 30.3 Å². The minimum atomic E-state index is -0.597. The van der Waals surface area contributed by atoms with Gasteiger partial charge in [-0.2, -0.15) is 0 Å². The first-order chi connectivity index (χ1) is 10.2. The van der Waals surface area contributed by atoms with E-state index in [0.29, 0.717) is 12.6 Å². The van der Waals surface area contributed by atoms with Crippen LogP contribution in [0.3, 0.4) is 0 Å². The van der Waals surface area contributed by atoms with E-state index < -0.39 is 6.04 Å². The fraction of sp³-hybridized carbons (Fsp3) is 0.562. The molecule has 1 heterocycles. The molecule has 1 amide bonds. The van der Waals surface area contributed by atoms with Gasteiger partial charge in [0, 0.05) is 26.2 Å². The molecule has 1 saturated heterocycles.